The van der Waals surface area contributed by atoms with Crippen LogP contribution in [0.5, 0.6) is 0 Å². The number of hydrogen-bond donors (Lipinski definition) is 2. The number of halogens is 2. The monoisotopic (exact) mass is 517 g/mol. The Morgan fingerprint density at radius 2 is 2.03 bits per heavy atom. The summed E-state index contributed by atoms with van der Waals surface area (Å²) < 4.78 is 30.8. The predicted octanol–water partition coefficient (Wildman–Crippen LogP) is 4.39. The van der Waals surface area contributed by atoms with Gasteiger partial charge in [0.1, 0.15) is 23.0 Å². The van der Waals surface area contributed by atoms with Gasteiger partial charge in [-0.05, 0) is 56.8 Å². The van der Waals surface area contributed by atoms with Crippen LogP contribution < -0.4 is 15.5 Å². The van der Waals surface area contributed by atoms with Crippen molar-refractivity contribution in [3.8, 4) is 11.3 Å². The molecular weight excluding hydrogens is 488 g/mol. The van der Waals surface area contributed by atoms with Crippen molar-refractivity contribution in [2.24, 2.45) is 0 Å². The maximum absolute atomic E-state index is 15.4. The number of nitrogens with zero attached hydrogens (tertiary/aromatic N) is 5. The second-order valence-electron chi connectivity index (χ2n) is 10.4. The minimum Gasteiger partial charge on any atom is -0.367 e. The number of hydrogen-bond acceptors (Lipinski definition) is 6. The summed E-state index contributed by atoms with van der Waals surface area (Å²) in [6, 6.07) is 10.3. The van der Waals surface area contributed by atoms with Crippen molar-refractivity contribution in [1.29, 1.82) is 0 Å². The number of aromatic nitrogens is 3. The van der Waals surface area contributed by atoms with Gasteiger partial charge in [-0.15, -0.1) is 0 Å². The zero-order valence-electron chi connectivity index (χ0n) is 21.3. The fourth-order valence-electron chi connectivity index (χ4n) is 5.64. The van der Waals surface area contributed by atoms with Gasteiger partial charge in [0.2, 0.25) is 0 Å². The quantitative estimate of drug-likeness (QED) is 0.395. The first-order valence-corrected chi connectivity index (χ1v) is 12.7. The third kappa shape index (κ3) is 4.45. The van der Waals surface area contributed by atoms with Crippen LogP contribution in [0, 0.1) is 5.82 Å². The van der Waals surface area contributed by atoms with Gasteiger partial charge >= 0.3 is 0 Å². The van der Waals surface area contributed by atoms with Gasteiger partial charge in [0.15, 0.2) is 0 Å². The van der Waals surface area contributed by atoms with Crippen LogP contribution in [0.25, 0.3) is 16.9 Å². The normalized spacial score (nSPS) is 19.2. The van der Waals surface area contributed by atoms with Crippen molar-refractivity contribution in [3.63, 3.8) is 0 Å². The topological polar surface area (TPSA) is 77.8 Å². The first-order chi connectivity index (χ1) is 18.3. The van der Waals surface area contributed by atoms with Crippen molar-refractivity contribution in [2.45, 2.75) is 25.1 Å². The fraction of sp³-hybridized carbons (Fsp3) is 0.321. The summed E-state index contributed by atoms with van der Waals surface area (Å²) in [7, 11) is 3.79. The van der Waals surface area contributed by atoms with Gasteiger partial charge in [0.05, 0.1) is 41.6 Å². The van der Waals surface area contributed by atoms with Crippen LogP contribution in [0.4, 0.5) is 26.0 Å². The highest BCUT2D eigenvalue weighted by Crippen LogP contribution is 2.36. The Balaban J connectivity index is 1.26. The van der Waals surface area contributed by atoms with Gasteiger partial charge in [0.25, 0.3) is 5.91 Å². The molecule has 4 aromatic rings. The molecule has 1 saturated heterocycles. The molecule has 2 aliphatic heterocycles. The Hall–Kier alpha value is -4.05. The Kier molecular flexibility index (Phi) is 5.98. The third-order valence-electron chi connectivity index (χ3n) is 7.22. The van der Waals surface area contributed by atoms with Crippen molar-refractivity contribution in [2.75, 3.05) is 43.9 Å². The molecule has 38 heavy (non-hydrogen) atoms. The molecule has 1 atom stereocenters. The molecular formula is C28H29F2N7O. The van der Waals surface area contributed by atoms with E-state index < -0.39 is 5.67 Å². The van der Waals surface area contributed by atoms with Crippen LogP contribution in [-0.2, 0) is 6.54 Å². The molecule has 0 saturated carbocycles. The molecule has 3 aromatic heterocycles. The molecule has 5 heterocycles. The molecule has 0 aliphatic carbocycles. The predicted molar refractivity (Wildman–Crippen MR) is 143 cm³/mol. The molecule has 1 unspecified atom stereocenters. The van der Waals surface area contributed by atoms with E-state index in [9.17, 15) is 9.18 Å². The second-order valence-corrected chi connectivity index (χ2v) is 10.4. The lowest BCUT2D eigenvalue weighted by Crippen LogP contribution is -2.50. The number of imidazole rings is 1. The minimum absolute atomic E-state index is 0.172. The lowest BCUT2D eigenvalue weighted by atomic mass is 9.94. The minimum atomic E-state index is -1.25. The molecule has 0 bridgehead atoms. The number of rotatable bonds is 6. The van der Waals surface area contributed by atoms with Crippen molar-refractivity contribution >= 4 is 28.7 Å². The van der Waals surface area contributed by atoms with E-state index in [0.717, 1.165) is 35.5 Å². The summed E-state index contributed by atoms with van der Waals surface area (Å²) >= 11 is 0. The molecule has 6 rings (SSSR count). The molecule has 0 radical (unpaired) electrons. The first kappa shape index (κ1) is 24.3. The maximum atomic E-state index is 15.4. The molecule has 1 fully saturated rings. The molecule has 0 spiro atoms. The summed E-state index contributed by atoms with van der Waals surface area (Å²) in [6.45, 7) is 1.90. The molecule has 8 nitrogen and oxygen atoms in total. The molecule has 196 valence electrons. The van der Waals surface area contributed by atoms with Crippen molar-refractivity contribution in [1.82, 2.24) is 24.6 Å². The lowest BCUT2D eigenvalue weighted by molar-refractivity contribution is 0.0964. The Labute approximate surface area is 219 Å². The van der Waals surface area contributed by atoms with Crippen LogP contribution in [0.2, 0.25) is 0 Å². The van der Waals surface area contributed by atoms with E-state index in [2.05, 4.69) is 20.6 Å². The summed E-state index contributed by atoms with van der Waals surface area (Å²) in [5.74, 6) is 0.0625. The average Bonchev–Trinajstić information content (AvgIpc) is 3.48. The van der Waals surface area contributed by atoms with Gasteiger partial charge < -0.3 is 20.4 Å². The smallest absolute Gasteiger partial charge is 0.254 e. The number of fused-ring (bicyclic) bond motifs is 2. The second kappa shape index (κ2) is 9.36. The van der Waals surface area contributed by atoms with E-state index in [1.165, 1.54) is 12.1 Å². The number of anilines is 3. The number of carbonyl (C=O) groups excluding carboxylic acids is 1. The highest BCUT2D eigenvalue weighted by atomic mass is 19.1. The number of amides is 1. The van der Waals surface area contributed by atoms with E-state index in [4.69, 9.17) is 0 Å². The number of pyridine rings is 2. The van der Waals surface area contributed by atoms with Gasteiger partial charge in [-0.3, -0.25) is 9.20 Å². The Bertz CT molecular complexity index is 1520. The van der Waals surface area contributed by atoms with Crippen LogP contribution in [0.1, 0.15) is 28.8 Å². The third-order valence-corrected chi connectivity index (χ3v) is 7.22. The number of carbonyl (C=O) groups is 1. The fourth-order valence-corrected chi connectivity index (χ4v) is 5.64. The summed E-state index contributed by atoms with van der Waals surface area (Å²) in [5.41, 5.74) is 3.79. The van der Waals surface area contributed by atoms with Crippen LogP contribution >= 0.6 is 0 Å². The highest BCUT2D eigenvalue weighted by molar-refractivity contribution is 6.06. The summed E-state index contributed by atoms with van der Waals surface area (Å²) in [6.07, 6.45) is 6.42. The Morgan fingerprint density at radius 1 is 1.16 bits per heavy atom. The molecule has 2 aliphatic rings. The average molecular weight is 518 g/mol. The maximum Gasteiger partial charge on any atom is 0.254 e. The summed E-state index contributed by atoms with van der Waals surface area (Å²) in [5, 5.41) is 6.19. The van der Waals surface area contributed by atoms with Crippen molar-refractivity contribution in [3.05, 3.63) is 71.9 Å². The van der Waals surface area contributed by atoms with E-state index in [0.29, 0.717) is 48.8 Å². The lowest BCUT2D eigenvalue weighted by Gasteiger charge is -2.39. The van der Waals surface area contributed by atoms with Gasteiger partial charge in [-0.1, -0.05) is 6.07 Å². The highest BCUT2D eigenvalue weighted by Gasteiger charge is 2.36. The Morgan fingerprint density at radius 3 is 2.82 bits per heavy atom. The van der Waals surface area contributed by atoms with Gasteiger partial charge in [-0.25, -0.2) is 18.7 Å². The first-order valence-electron chi connectivity index (χ1n) is 12.7. The van der Waals surface area contributed by atoms with E-state index >= 15 is 4.39 Å². The van der Waals surface area contributed by atoms with Crippen LogP contribution in [-0.4, -0.2) is 64.6 Å². The number of nitrogens with one attached hydrogen (secondary N) is 2. The molecule has 2 N–H and O–H groups in total. The van der Waals surface area contributed by atoms with Gasteiger partial charge in [-0.2, -0.15) is 0 Å². The number of piperidine rings is 1. The standard InChI is InChI=1S/C28H29F2N7O/c1-35(2)16-28(30)9-3-10-36(17-28)19-4-7-24(31-13-19)34-22-6-5-20(21-14-33-27(38)26(21)22)23-15-32-25-12-18(29)8-11-37(23)25/h4-8,11-13,15H,3,9-10,14,16-17H2,1-2H3,(H,31,34)(H,33,38). The van der Waals surface area contributed by atoms with Crippen LogP contribution in [0.3, 0.4) is 0 Å². The molecule has 10 heteroatoms. The molecule has 1 amide bonds. The van der Waals surface area contributed by atoms with E-state index in [-0.39, 0.29) is 11.7 Å². The molecule has 1 aromatic carbocycles. The van der Waals surface area contributed by atoms with Crippen LogP contribution in [0.15, 0.2) is 55.0 Å². The van der Waals surface area contributed by atoms with E-state index in [1.807, 2.05) is 48.2 Å². The van der Waals surface area contributed by atoms with Crippen molar-refractivity contribution < 1.29 is 13.6 Å². The van der Waals surface area contributed by atoms with E-state index in [1.54, 1.807) is 23.0 Å². The van der Waals surface area contributed by atoms with Gasteiger partial charge in [0, 0.05) is 37.5 Å². The number of benzene rings is 1. The summed E-state index contributed by atoms with van der Waals surface area (Å²) in [4.78, 5) is 25.6. The zero-order chi connectivity index (χ0) is 26.4. The SMILES string of the molecule is CN(C)CC1(F)CCCN(c2ccc(Nc3ccc(-c4cnc5cc(F)ccn45)c4c3C(=O)NC4)nc2)C1. The number of alkyl halides is 1. The largest absolute Gasteiger partial charge is 0.367 e. The zero-order valence-corrected chi connectivity index (χ0v) is 21.3.